The van der Waals surface area contributed by atoms with E-state index in [9.17, 15) is 4.21 Å². The van der Waals surface area contributed by atoms with Crippen LogP contribution in [0.1, 0.15) is 12.0 Å². The Balaban J connectivity index is 1.86. The molecule has 3 rings (SSSR count). The fourth-order valence-electron chi connectivity index (χ4n) is 2.71. The highest BCUT2D eigenvalue weighted by Crippen LogP contribution is 2.34. The lowest BCUT2D eigenvalue weighted by molar-refractivity contribution is 0.663. The number of hydrogen-bond acceptors (Lipinski definition) is 3. The molecule has 2 heterocycles. The summed E-state index contributed by atoms with van der Waals surface area (Å²) in [6.45, 7) is 1.87. The van der Waals surface area contributed by atoms with Gasteiger partial charge in [-0.25, -0.2) is 4.98 Å². The van der Waals surface area contributed by atoms with Crippen LogP contribution in [-0.2, 0) is 23.8 Å². The number of aromatic nitrogens is 2. The maximum Gasteiger partial charge on any atom is 0.0950 e. The summed E-state index contributed by atoms with van der Waals surface area (Å²) in [6, 6.07) is 6.43. The van der Waals surface area contributed by atoms with Gasteiger partial charge in [0.1, 0.15) is 0 Å². The maximum absolute atomic E-state index is 11.2. The second-order valence-corrected chi connectivity index (χ2v) is 6.67. The lowest BCUT2D eigenvalue weighted by atomic mass is 10.1. The van der Waals surface area contributed by atoms with E-state index >= 15 is 0 Å². The van der Waals surface area contributed by atoms with Gasteiger partial charge in [0.2, 0.25) is 0 Å². The van der Waals surface area contributed by atoms with Gasteiger partial charge in [-0.15, -0.1) is 0 Å². The molecule has 1 atom stereocenters. The standard InChI is InChI=1S/C15H19N3OS/c1-20(19)9-3-8-18-11-16-10-14(18)13-5-2-4-12-6-7-17-15(12)13/h2,4-5,10-11,17H,3,6-9H2,1H3. The van der Waals surface area contributed by atoms with Crippen molar-refractivity contribution in [3.05, 3.63) is 36.3 Å². The predicted molar refractivity (Wildman–Crippen MR) is 83.4 cm³/mol. The number of hydrogen-bond donors (Lipinski definition) is 1. The Labute approximate surface area is 121 Å². The molecule has 1 unspecified atom stereocenters. The van der Waals surface area contributed by atoms with E-state index in [1.807, 2.05) is 12.5 Å². The highest BCUT2D eigenvalue weighted by molar-refractivity contribution is 7.84. The molecule has 0 saturated heterocycles. The SMILES string of the molecule is CS(=O)CCCn1cncc1-c1cccc2c1NCC2. The highest BCUT2D eigenvalue weighted by Gasteiger charge is 2.16. The van der Waals surface area contributed by atoms with Crippen molar-refractivity contribution >= 4 is 16.5 Å². The van der Waals surface area contributed by atoms with Gasteiger partial charge in [0.25, 0.3) is 0 Å². The first-order valence-corrected chi connectivity index (χ1v) is 8.65. The summed E-state index contributed by atoms with van der Waals surface area (Å²) in [4.78, 5) is 4.28. The Morgan fingerprint density at radius 3 is 3.20 bits per heavy atom. The summed E-state index contributed by atoms with van der Waals surface area (Å²) >= 11 is 0. The molecule has 2 aromatic rings. The lowest BCUT2D eigenvalue weighted by Crippen LogP contribution is -2.04. The molecule has 1 aliphatic heterocycles. The van der Waals surface area contributed by atoms with Crippen LogP contribution in [-0.4, -0.2) is 32.3 Å². The molecule has 0 saturated carbocycles. The number of nitrogens with zero attached hydrogens (tertiary/aromatic N) is 2. The van der Waals surface area contributed by atoms with Gasteiger partial charge in [0.15, 0.2) is 0 Å². The second kappa shape index (κ2) is 5.79. The number of imidazole rings is 1. The van der Waals surface area contributed by atoms with E-state index in [2.05, 4.69) is 33.1 Å². The Morgan fingerprint density at radius 1 is 1.45 bits per heavy atom. The average molecular weight is 289 g/mol. The van der Waals surface area contributed by atoms with Crippen molar-refractivity contribution < 1.29 is 4.21 Å². The third-order valence-electron chi connectivity index (χ3n) is 3.67. The Hall–Kier alpha value is -1.62. The molecule has 0 bridgehead atoms. The molecule has 0 aliphatic carbocycles. The van der Waals surface area contributed by atoms with Gasteiger partial charge in [-0.1, -0.05) is 18.2 Å². The fourth-order valence-corrected chi connectivity index (χ4v) is 3.25. The maximum atomic E-state index is 11.2. The summed E-state index contributed by atoms with van der Waals surface area (Å²) in [5.74, 6) is 0.739. The molecule has 4 nitrogen and oxygen atoms in total. The van der Waals surface area contributed by atoms with Crippen molar-refractivity contribution in [2.45, 2.75) is 19.4 Å². The molecule has 1 N–H and O–H groups in total. The predicted octanol–water partition coefficient (Wildman–Crippen LogP) is 2.29. The highest BCUT2D eigenvalue weighted by atomic mass is 32.2. The molecular weight excluding hydrogens is 270 g/mol. The normalized spacial score (nSPS) is 14.8. The largest absolute Gasteiger partial charge is 0.384 e. The number of para-hydroxylation sites is 1. The number of fused-ring (bicyclic) bond motifs is 1. The van der Waals surface area contributed by atoms with Crippen LogP contribution in [0.4, 0.5) is 5.69 Å². The third-order valence-corrected chi connectivity index (χ3v) is 4.53. The van der Waals surface area contributed by atoms with Gasteiger partial charge in [0.05, 0.1) is 18.2 Å². The molecule has 20 heavy (non-hydrogen) atoms. The van der Waals surface area contributed by atoms with E-state index in [4.69, 9.17) is 0 Å². The number of anilines is 1. The van der Waals surface area contributed by atoms with Crippen LogP contribution in [0.3, 0.4) is 0 Å². The van der Waals surface area contributed by atoms with Crippen molar-refractivity contribution in [3.8, 4) is 11.3 Å². The van der Waals surface area contributed by atoms with Gasteiger partial charge in [0, 0.05) is 47.1 Å². The van der Waals surface area contributed by atoms with Crippen LogP contribution >= 0.6 is 0 Å². The fraction of sp³-hybridized carbons (Fsp3) is 0.400. The molecule has 0 spiro atoms. The first kappa shape index (κ1) is 13.4. The van der Waals surface area contributed by atoms with Gasteiger partial charge >= 0.3 is 0 Å². The Bertz CT molecular complexity index is 636. The molecule has 1 aromatic heterocycles. The van der Waals surface area contributed by atoms with Gasteiger partial charge in [-0.05, 0) is 18.4 Å². The van der Waals surface area contributed by atoms with Gasteiger partial charge in [-0.3, -0.25) is 4.21 Å². The van der Waals surface area contributed by atoms with Crippen molar-refractivity contribution in [1.82, 2.24) is 9.55 Å². The van der Waals surface area contributed by atoms with Crippen molar-refractivity contribution in [2.24, 2.45) is 0 Å². The summed E-state index contributed by atoms with van der Waals surface area (Å²) in [5.41, 5.74) is 4.98. The van der Waals surface area contributed by atoms with E-state index in [0.717, 1.165) is 37.4 Å². The van der Waals surface area contributed by atoms with Gasteiger partial charge in [-0.2, -0.15) is 0 Å². The van der Waals surface area contributed by atoms with Crippen LogP contribution in [0.2, 0.25) is 0 Å². The topological polar surface area (TPSA) is 46.9 Å². The van der Waals surface area contributed by atoms with E-state index in [-0.39, 0.29) is 0 Å². The lowest BCUT2D eigenvalue weighted by Gasteiger charge is -2.12. The van der Waals surface area contributed by atoms with E-state index in [1.165, 1.54) is 16.8 Å². The van der Waals surface area contributed by atoms with Crippen LogP contribution in [0, 0.1) is 0 Å². The molecule has 106 valence electrons. The van der Waals surface area contributed by atoms with E-state index < -0.39 is 10.8 Å². The summed E-state index contributed by atoms with van der Waals surface area (Å²) in [5, 5.41) is 3.47. The number of nitrogens with one attached hydrogen (secondary N) is 1. The smallest absolute Gasteiger partial charge is 0.0950 e. The molecule has 1 aliphatic rings. The van der Waals surface area contributed by atoms with Crippen LogP contribution in [0.25, 0.3) is 11.3 Å². The zero-order valence-corrected chi connectivity index (χ0v) is 12.4. The quantitative estimate of drug-likeness (QED) is 0.918. The average Bonchev–Trinajstić information content (AvgIpc) is 3.05. The minimum Gasteiger partial charge on any atom is -0.384 e. The van der Waals surface area contributed by atoms with E-state index in [0.29, 0.717) is 0 Å². The third kappa shape index (κ3) is 2.63. The number of aryl methyl sites for hydroxylation is 1. The van der Waals surface area contributed by atoms with Crippen LogP contribution < -0.4 is 5.32 Å². The zero-order valence-electron chi connectivity index (χ0n) is 11.6. The molecular formula is C15H19N3OS. The zero-order chi connectivity index (χ0) is 13.9. The number of benzene rings is 1. The molecule has 0 radical (unpaired) electrons. The Kier molecular flexibility index (Phi) is 3.87. The summed E-state index contributed by atoms with van der Waals surface area (Å²) in [7, 11) is -0.724. The summed E-state index contributed by atoms with van der Waals surface area (Å²) in [6.07, 6.45) is 7.53. The second-order valence-electron chi connectivity index (χ2n) is 5.12. The molecule has 0 fully saturated rings. The van der Waals surface area contributed by atoms with E-state index in [1.54, 1.807) is 6.26 Å². The van der Waals surface area contributed by atoms with Crippen molar-refractivity contribution in [1.29, 1.82) is 0 Å². The van der Waals surface area contributed by atoms with Crippen LogP contribution in [0.5, 0.6) is 0 Å². The van der Waals surface area contributed by atoms with Crippen LogP contribution in [0.15, 0.2) is 30.7 Å². The van der Waals surface area contributed by atoms with Gasteiger partial charge < -0.3 is 9.88 Å². The Morgan fingerprint density at radius 2 is 2.35 bits per heavy atom. The molecule has 1 aromatic carbocycles. The number of rotatable bonds is 5. The minimum absolute atomic E-state index is 0.724. The molecule has 0 amide bonds. The first-order valence-electron chi connectivity index (χ1n) is 6.92. The van der Waals surface area contributed by atoms with Crippen molar-refractivity contribution in [3.63, 3.8) is 0 Å². The minimum atomic E-state index is -0.724. The molecule has 5 heteroatoms. The monoisotopic (exact) mass is 289 g/mol. The first-order chi connectivity index (χ1) is 9.75. The summed E-state index contributed by atoms with van der Waals surface area (Å²) < 4.78 is 13.3. The van der Waals surface area contributed by atoms with Crippen molar-refractivity contribution in [2.75, 3.05) is 23.9 Å².